The van der Waals surface area contributed by atoms with E-state index >= 15 is 0 Å². The van der Waals surface area contributed by atoms with Crippen LogP contribution in [0.3, 0.4) is 0 Å². The van der Waals surface area contributed by atoms with Gasteiger partial charge in [-0.25, -0.2) is 14.6 Å². The molecule has 2 fully saturated rings. The number of rotatable bonds is 5. The molecule has 9 heteroatoms. The lowest BCUT2D eigenvalue weighted by atomic mass is 9.68. The second-order valence-corrected chi connectivity index (χ2v) is 8.68. The quantitative estimate of drug-likeness (QED) is 0.655. The predicted octanol–water partition coefficient (Wildman–Crippen LogP) is 4.02. The van der Waals surface area contributed by atoms with Crippen LogP contribution in [0.2, 0.25) is 5.02 Å². The Morgan fingerprint density at radius 2 is 2.00 bits per heavy atom. The molecule has 0 atom stereocenters. The number of nitrogens with two attached hydrogens (primary N) is 1. The van der Waals surface area contributed by atoms with Gasteiger partial charge in [0.05, 0.1) is 19.0 Å². The zero-order chi connectivity index (χ0) is 22.0. The van der Waals surface area contributed by atoms with E-state index in [4.69, 9.17) is 17.3 Å². The monoisotopic (exact) mass is 478 g/mol. The highest BCUT2D eigenvalue weighted by molar-refractivity contribution is 6.30. The number of hydrogen-bond donors (Lipinski definition) is 1. The maximum absolute atomic E-state index is 13.1. The Hall–Kier alpha value is -2.35. The van der Waals surface area contributed by atoms with E-state index in [1.54, 1.807) is 23.2 Å². The molecule has 0 bridgehead atoms. The molecule has 1 aliphatic carbocycles. The van der Waals surface area contributed by atoms with Crippen LogP contribution < -0.4 is 10.6 Å². The number of aromatic nitrogens is 1. The van der Waals surface area contributed by atoms with Gasteiger partial charge in [-0.05, 0) is 55.5 Å². The van der Waals surface area contributed by atoms with Crippen molar-refractivity contribution in [3.8, 4) is 0 Å². The van der Waals surface area contributed by atoms with Crippen LogP contribution in [0, 0.1) is 0 Å². The number of ether oxygens (including phenoxy) is 1. The lowest BCUT2D eigenvalue weighted by Gasteiger charge is -2.42. The highest BCUT2D eigenvalue weighted by Gasteiger charge is 2.41. The minimum atomic E-state index is -0.494. The summed E-state index contributed by atoms with van der Waals surface area (Å²) in [6, 6.07) is 11.5. The van der Waals surface area contributed by atoms with E-state index in [0.29, 0.717) is 25.3 Å². The van der Waals surface area contributed by atoms with Gasteiger partial charge >= 0.3 is 12.0 Å². The Labute approximate surface area is 199 Å². The summed E-state index contributed by atoms with van der Waals surface area (Å²) in [5.41, 5.74) is 8.23. The summed E-state index contributed by atoms with van der Waals surface area (Å²) in [5, 5.41) is 0.727. The normalized spacial score (nSPS) is 23.1. The molecular weight excluding hydrogens is 451 g/mol. The lowest BCUT2D eigenvalue weighted by Crippen LogP contribution is -2.46. The molecule has 2 aliphatic rings. The van der Waals surface area contributed by atoms with E-state index in [9.17, 15) is 9.59 Å². The molecule has 0 spiro atoms. The first kappa shape index (κ1) is 24.3. The molecule has 2 amide bonds. The summed E-state index contributed by atoms with van der Waals surface area (Å²) >= 11 is 6.21. The van der Waals surface area contributed by atoms with E-state index in [2.05, 4.69) is 15.8 Å². The Bertz CT molecular complexity index is 962. The Morgan fingerprint density at radius 3 is 2.59 bits per heavy atom. The molecule has 7 nitrogen and oxygen atoms in total. The van der Waals surface area contributed by atoms with Crippen LogP contribution in [-0.4, -0.2) is 54.7 Å². The Balaban J connectivity index is 0.00000289. The smallest absolute Gasteiger partial charge is 0.356 e. The fourth-order valence-electron chi connectivity index (χ4n) is 4.80. The maximum atomic E-state index is 13.1. The lowest BCUT2D eigenvalue weighted by molar-refractivity contribution is 0.0594. The van der Waals surface area contributed by atoms with Gasteiger partial charge in [-0.3, -0.25) is 4.90 Å². The van der Waals surface area contributed by atoms with Crippen molar-refractivity contribution in [2.75, 3.05) is 31.6 Å². The molecular formula is C23H28Cl2N4O3. The van der Waals surface area contributed by atoms with Gasteiger partial charge in [0.15, 0.2) is 0 Å². The van der Waals surface area contributed by atoms with E-state index in [-0.39, 0.29) is 35.6 Å². The van der Waals surface area contributed by atoms with Crippen molar-refractivity contribution in [2.24, 2.45) is 5.73 Å². The number of methoxy groups -OCH3 is 1. The van der Waals surface area contributed by atoms with Crippen LogP contribution in [0.15, 0.2) is 42.6 Å². The first-order valence-electron chi connectivity index (χ1n) is 10.6. The van der Waals surface area contributed by atoms with Gasteiger partial charge in [-0.2, -0.15) is 0 Å². The zero-order valence-corrected chi connectivity index (χ0v) is 19.6. The molecule has 4 rings (SSSR count). The van der Waals surface area contributed by atoms with Crippen molar-refractivity contribution in [1.29, 1.82) is 0 Å². The van der Waals surface area contributed by atoms with Crippen LogP contribution in [0.4, 0.5) is 10.5 Å². The fraction of sp³-hybridized carbons (Fsp3) is 0.435. The summed E-state index contributed by atoms with van der Waals surface area (Å²) in [6.07, 6.45) is 5.21. The molecule has 0 unspecified atom stereocenters. The minimum absolute atomic E-state index is 0. The Kier molecular flexibility index (Phi) is 7.64. The van der Waals surface area contributed by atoms with Gasteiger partial charge in [-0.15, -0.1) is 12.4 Å². The first-order valence-corrected chi connectivity index (χ1v) is 10.9. The van der Waals surface area contributed by atoms with Gasteiger partial charge in [0.1, 0.15) is 5.69 Å². The topological polar surface area (TPSA) is 88.8 Å². The number of carbonyl (C=O) groups is 2. The van der Waals surface area contributed by atoms with Crippen molar-refractivity contribution >= 4 is 41.7 Å². The van der Waals surface area contributed by atoms with Crippen molar-refractivity contribution in [2.45, 2.75) is 37.1 Å². The maximum Gasteiger partial charge on any atom is 0.356 e. The predicted molar refractivity (Wildman–Crippen MR) is 127 cm³/mol. The molecule has 2 N–H and O–H groups in total. The van der Waals surface area contributed by atoms with E-state index in [0.717, 1.165) is 30.7 Å². The number of pyridine rings is 1. The van der Waals surface area contributed by atoms with Crippen molar-refractivity contribution in [3.63, 3.8) is 0 Å². The highest BCUT2D eigenvalue weighted by atomic mass is 35.5. The number of benzene rings is 1. The van der Waals surface area contributed by atoms with Gasteiger partial charge < -0.3 is 15.4 Å². The third-order valence-corrected chi connectivity index (χ3v) is 6.91. The number of carbonyl (C=O) groups excluding carboxylic acids is 2. The van der Waals surface area contributed by atoms with Crippen LogP contribution in [0.25, 0.3) is 0 Å². The molecule has 1 aromatic heterocycles. The number of urea groups is 1. The highest BCUT2D eigenvalue weighted by Crippen LogP contribution is 2.41. The van der Waals surface area contributed by atoms with Crippen molar-refractivity contribution < 1.29 is 14.3 Å². The van der Waals surface area contributed by atoms with E-state index in [1.807, 2.05) is 23.1 Å². The number of anilines is 1. The largest absolute Gasteiger partial charge is 0.464 e. The fourth-order valence-corrected chi connectivity index (χ4v) is 4.99. The molecule has 1 aromatic carbocycles. The number of halogens is 2. The van der Waals surface area contributed by atoms with Gasteiger partial charge in [-0.1, -0.05) is 23.7 Å². The van der Waals surface area contributed by atoms with E-state index in [1.165, 1.54) is 12.7 Å². The third-order valence-electron chi connectivity index (χ3n) is 6.68. The molecule has 2 aromatic rings. The number of nitrogens with zero attached hydrogens (tertiary/aromatic N) is 3. The zero-order valence-electron chi connectivity index (χ0n) is 18.0. The molecule has 1 saturated heterocycles. The third kappa shape index (κ3) is 4.56. The summed E-state index contributed by atoms with van der Waals surface area (Å²) < 4.78 is 4.68. The standard InChI is InChI=1S/C23H27ClN4O3.ClH/c1-31-21(29)20-6-5-19(14-26-20)28-12-11-27(22(28)30)18-7-9-23(15-25,10-8-18)16-3-2-4-17(24)13-16;/h2-6,13-14,18H,7-12,15,25H2,1H3;1H/t18-,23+;. The average molecular weight is 479 g/mol. The van der Waals surface area contributed by atoms with Crippen LogP contribution in [0.5, 0.6) is 0 Å². The Morgan fingerprint density at radius 1 is 1.25 bits per heavy atom. The SMILES string of the molecule is COC(=O)c1ccc(N2CCN([C@H]3CC[C@@](CN)(c4cccc(Cl)c4)CC3)C2=O)cn1.Cl. The summed E-state index contributed by atoms with van der Waals surface area (Å²) in [6.45, 7) is 1.85. The molecule has 32 heavy (non-hydrogen) atoms. The second kappa shape index (κ2) is 10.1. The first-order chi connectivity index (χ1) is 15.0. The van der Waals surface area contributed by atoms with Crippen molar-refractivity contribution in [3.05, 3.63) is 58.9 Å². The molecule has 1 aliphatic heterocycles. The minimum Gasteiger partial charge on any atom is -0.464 e. The van der Waals surface area contributed by atoms with Crippen LogP contribution in [-0.2, 0) is 10.2 Å². The number of esters is 1. The molecule has 1 saturated carbocycles. The molecule has 0 radical (unpaired) electrons. The van der Waals surface area contributed by atoms with Gasteiger partial charge in [0, 0.05) is 36.1 Å². The summed E-state index contributed by atoms with van der Waals surface area (Å²) in [5.74, 6) is -0.494. The number of hydrogen-bond acceptors (Lipinski definition) is 5. The van der Waals surface area contributed by atoms with E-state index < -0.39 is 5.97 Å². The van der Waals surface area contributed by atoms with Crippen molar-refractivity contribution in [1.82, 2.24) is 9.88 Å². The second-order valence-electron chi connectivity index (χ2n) is 8.25. The van der Waals surface area contributed by atoms with Gasteiger partial charge in [0.2, 0.25) is 0 Å². The molecule has 2 heterocycles. The average Bonchev–Trinajstić information content (AvgIpc) is 3.20. The summed E-state index contributed by atoms with van der Waals surface area (Å²) in [7, 11) is 1.32. The molecule has 172 valence electrons. The van der Waals surface area contributed by atoms with Crippen LogP contribution in [0.1, 0.15) is 41.7 Å². The van der Waals surface area contributed by atoms with Crippen LogP contribution >= 0.6 is 24.0 Å². The number of amides is 2. The summed E-state index contributed by atoms with van der Waals surface area (Å²) in [4.78, 5) is 32.5. The van der Waals surface area contributed by atoms with Gasteiger partial charge in [0.25, 0.3) is 0 Å².